The van der Waals surface area contributed by atoms with Crippen molar-refractivity contribution in [2.75, 3.05) is 0 Å². The fraction of sp³-hybridized carbons (Fsp3) is 0.200. The second-order valence-electron chi connectivity index (χ2n) is 4.33. The van der Waals surface area contributed by atoms with Gasteiger partial charge >= 0.3 is 0 Å². The Morgan fingerprint density at radius 2 is 1.95 bits per heavy atom. The Kier molecular flexibility index (Phi) is 4.40. The van der Waals surface area contributed by atoms with Crippen molar-refractivity contribution in [3.63, 3.8) is 0 Å². The van der Waals surface area contributed by atoms with Gasteiger partial charge in [0.1, 0.15) is 18.2 Å². The lowest BCUT2D eigenvalue weighted by Gasteiger charge is -2.14. The Bertz CT molecular complexity index is 572. The summed E-state index contributed by atoms with van der Waals surface area (Å²) < 4.78 is 19.0. The first-order chi connectivity index (χ1) is 9.09. The number of rotatable bonds is 4. The van der Waals surface area contributed by atoms with E-state index >= 15 is 0 Å². The van der Waals surface area contributed by atoms with Gasteiger partial charge in [-0.25, -0.2) is 4.39 Å². The molecule has 4 heteroatoms. The molecule has 0 aliphatic heterocycles. The molecule has 2 nitrogen and oxygen atoms in total. The molecule has 0 amide bonds. The van der Waals surface area contributed by atoms with Crippen molar-refractivity contribution < 1.29 is 9.13 Å². The summed E-state index contributed by atoms with van der Waals surface area (Å²) in [6.45, 7) is 2.09. The van der Waals surface area contributed by atoms with Crippen LogP contribution in [0.2, 0.25) is 5.02 Å². The summed E-state index contributed by atoms with van der Waals surface area (Å²) >= 11 is 5.88. The molecule has 0 heterocycles. The van der Waals surface area contributed by atoms with Crippen LogP contribution in [0, 0.1) is 5.82 Å². The van der Waals surface area contributed by atoms with E-state index in [0.717, 1.165) is 5.56 Å². The van der Waals surface area contributed by atoms with Gasteiger partial charge in [-0.3, -0.25) is 0 Å². The van der Waals surface area contributed by atoms with Gasteiger partial charge in [0, 0.05) is 17.2 Å². The van der Waals surface area contributed by atoms with E-state index in [1.54, 1.807) is 12.1 Å². The van der Waals surface area contributed by atoms with Gasteiger partial charge in [-0.1, -0.05) is 41.9 Å². The first-order valence-corrected chi connectivity index (χ1v) is 6.37. The minimum absolute atomic E-state index is 0.0979. The third kappa shape index (κ3) is 3.25. The van der Waals surface area contributed by atoms with Crippen LogP contribution < -0.4 is 10.5 Å². The predicted octanol–water partition coefficient (Wildman–Crippen LogP) is 4.08. The summed E-state index contributed by atoms with van der Waals surface area (Å²) in [6.07, 6.45) is 0. The number of ether oxygens (including phenoxy) is 1. The highest BCUT2D eigenvalue weighted by Gasteiger charge is 2.10. The van der Waals surface area contributed by atoms with E-state index in [1.807, 2.05) is 31.2 Å². The molecule has 0 fully saturated rings. The third-order valence-electron chi connectivity index (χ3n) is 2.82. The Morgan fingerprint density at radius 1 is 1.21 bits per heavy atom. The monoisotopic (exact) mass is 279 g/mol. The molecule has 1 unspecified atom stereocenters. The zero-order chi connectivity index (χ0) is 13.8. The smallest absolute Gasteiger partial charge is 0.142 e. The second-order valence-corrected chi connectivity index (χ2v) is 4.71. The highest BCUT2D eigenvalue weighted by atomic mass is 35.5. The van der Waals surface area contributed by atoms with Crippen LogP contribution >= 0.6 is 11.6 Å². The molecule has 2 rings (SSSR count). The summed E-state index contributed by atoms with van der Waals surface area (Å²) in [5, 5.41) is 0.0979. The predicted molar refractivity (Wildman–Crippen MR) is 74.8 cm³/mol. The maximum Gasteiger partial charge on any atom is 0.142 e. The lowest BCUT2D eigenvalue weighted by atomic mass is 10.1. The van der Waals surface area contributed by atoms with Crippen LogP contribution in [0.4, 0.5) is 4.39 Å². The van der Waals surface area contributed by atoms with E-state index in [4.69, 9.17) is 22.1 Å². The molecule has 2 N–H and O–H groups in total. The van der Waals surface area contributed by atoms with Gasteiger partial charge in [0.15, 0.2) is 0 Å². The summed E-state index contributed by atoms with van der Waals surface area (Å²) in [5.74, 6) is 0.251. The molecule has 1 atom stereocenters. The van der Waals surface area contributed by atoms with Crippen molar-refractivity contribution in [2.24, 2.45) is 5.73 Å². The van der Waals surface area contributed by atoms with Crippen LogP contribution in [0.5, 0.6) is 5.75 Å². The van der Waals surface area contributed by atoms with Crippen LogP contribution in [0.25, 0.3) is 0 Å². The van der Waals surface area contributed by atoms with E-state index in [2.05, 4.69) is 0 Å². The molecule has 0 radical (unpaired) electrons. The minimum atomic E-state index is -0.441. The van der Waals surface area contributed by atoms with Crippen LogP contribution in [-0.4, -0.2) is 0 Å². The van der Waals surface area contributed by atoms with E-state index in [0.29, 0.717) is 11.3 Å². The third-order valence-corrected chi connectivity index (χ3v) is 3.25. The molecule has 0 aromatic heterocycles. The molecule has 0 aliphatic carbocycles. The number of hydrogen-bond donors (Lipinski definition) is 1. The normalized spacial score (nSPS) is 12.2. The molecule has 0 spiro atoms. The molecule has 0 aliphatic rings. The Morgan fingerprint density at radius 3 is 2.68 bits per heavy atom. The fourth-order valence-corrected chi connectivity index (χ4v) is 1.98. The van der Waals surface area contributed by atoms with Crippen LogP contribution in [0.1, 0.15) is 24.1 Å². The van der Waals surface area contributed by atoms with Crippen molar-refractivity contribution in [1.82, 2.24) is 0 Å². The van der Waals surface area contributed by atoms with Crippen molar-refractivity contribution in [1.29, 1.82) is 0 Å². The summed E-state index contributed by atoms with van der Waals surface area (Å²) in [4.78, 5) is 0. The molecular formula is C15H15ClFNO. The molecule has 0 saturated carbocycles. The van der Waals surface area contributed by atoms with Gasteiger partial charge in [0.25, 0.3) is 0 Å². The first kappa shape index (κ1) is 13.8. The number of hydrogen-bond acceptors (Lipinski definition) is 2. The number of halogens is 2. The van der Waals surface area contributed by atoms with E-state index < -0.39 is 5.82 Å². The van der Waals surface area contributed by atoms with Gasteiger partial charge in [-0.2, -0.15) is 0 Å². The molecular weight excluding hydrogens is 265 g/mol. The SMILES string of the molecule is CC(N)c1ccccc1OCc1cccc(F)c1Cl. The average Bonchev–Trinajstić information content (AvgIpc) is 2.40. The molecule has 0 bridgehead atoms. The van der Waals surface area contributed by atoms with Crippen molar-refractivity contribution in [3.05, 3.63) is 64.4 Å². The summed E-state index contributed by atoms with van der Waals surface area (Å²) in [5.41, 5.74) is 7.40. The van der Waals surface area contributed by atoms with Crippen molar-refractivity contribution in [2.45, 2.75) is 19.6 Å². The van der Waals surface area contributed by atoms with E-state index in [9.17, 15) is 4.39 Å². The topological polar surface area (TPSA) is 35.2 Å². The quantitative estimate of drug-likeness (QED) is 0.915. The molecule has 100 valence electrons. The standard InChI is InChI=1S/C15H15ClFNO/c1-10(18)12-6-2-3-8-14(12)19-9-11-5-4-7-13(17)15(11)16/h2-8,10H,9,18H2,1H3. The van der Waals surface area contributed by atoms with Crippen molar-refractivity contribution >= 4 is 11.6 Å². The van der Waals surface area contributed by atoms with Crippen LogP contribution in [0.3, 0.4) is 0 Å². The Hall–Kier alpha value is -1.58. The summed E-state index contributed by atoms with van der Waals surface area (Å²) in [7, 11) is 0. The van der Waals surface area contributed by atoms with Gasteiger partial charge in [-0.15, -0.1) is 0 Å². The second kappa shape index (κ2) is 6.04. The van der Waals surface area contributed by atoms with Crippen LogP contribution in [0.15, 0.2) is 42.5 Å². The maximum absolute atomic E-state index is 13.3. The number of para-hydroxylation sites is 1. The largest absolute Gasteiger partial charge is 0.489 e. The first-order valence-electron chi connectivity index (χ1n) is 6.00. The molecule has 2 aromatic rings. The van der Waals surface area contributed by atoms with E-state index in [1.165, 1.54) is 6.07 Å². The number of nitrogens with two attached hydrogens (primary N) is 1. The van der Waals surface area contributed by atoms with Crippen molar-refractivity contribution in [3.8, 4) is 5.75 Å². The Balaban J connectivity index is 2.17. The van der Waals surface area contributed by atoms with Gasteiger partial charge in [0.2, 0.25) is 0 Å². The lowest BCUT2D eigenvalue weighted by molar-refractivity contribution is 0.301. The number of benzene rings is 2. The highest BCUT2D eigenvalue weighted by Crippen LogP contribution is 2.26. The Labute approximate surface area is 117 Å². The fourth-order valence-electron chi connectivity index (χ4n) is 1.80. The molecule has 0 saturated heterocycles. The van der Waals surface area contributed by atoms with Gasteiger partial charge < -0.3 is 10.5 Å². The zero-order valence-corrected chi connectivity index (χ0v) is 11.3. The highest BCUT2D eigenvalue weighted by molar-refractivity contribution is 6.31. The lowest BCUT2D eigenvalue weighted by Crippen LogP contribution is -2.08. The van der Waals surface area contributed by atoms with Gasteiger partial charge in [0.05, 0.1) is 5.02 Å². The van der Waals surface area contributed by atoms with E-state index in [-0.39, 0.29) is 17.7 Å². The molecule has 19 heavy (non-hydrogen) atoms. The summed E-state index contributed by atoms with van der Waals surface area (Å²) in [6, 6.07) is 12.1. The average molecular weight is 280 g/mol. The van der Waals surface area contributed by atoms with Gasteiger partial charge in [-0.05, 0) is 19.1 Å². The minimum Gasteiger partial charge on any atom is -0.489 e. The maximum atomic E-state index is 13.3. The zero-order valence-electron chi connectivity index (χ0n) is 10.6. The molecule has 2 aromatic carbocycles. The van der Waals surface area contributed by atoms with Crippen LogP contribution in [-0.2, 0) is 6.61 Å².